The summed E-state index contributed by atoms with van der Waals surface area (Å²) in [6.07, 6.45) is 4.76. The highest BCUT2D eigenvalue weighted by Gasteiger charge is 2.31. The van der Waals surface area contributed by atoms with Gasteiger partial charge in [0.15, 0.2) is 0 Å². The highest BCUT2D eigenvalue weighted by molar-refractivity contribution is 6.02. The van der Waals surface area contributed by atoms with Crippen LogP contribution in [-0.4, -0.2) is 66.1 Å². The lowest BCUT2D eigenvalue weighted by Gasteiger charge is -2.45. The van der Waals surface area contributed by atoms with E-state index in [1.54, 1.807) is 19.5 Å². The Morgan fingerprint density at radius 1 is 1.14 bits per heavy atom. The minimum absolute atomic E-state index is 0.288. The fraction of sp³-hybridized carbons (Fsp3) is 0.214. The van der Waals surface area contributed by atoms with Crippen LogP contribution in [0.4, 0.5) is 23.0 Å². The van der Waals surface area contributed by atoms with Gasteiger partial charge in [-0.15, -0.1) is 0 Å². The molecule has 4 aromatic rings. The number of carbonyl (C=O) groups excluding carboxylic acids is 1. The van der Waals surface area contributed by atoms with E-state index < -0.39 is 0 Å². The van der Waals surface area contributed by atoms with Crippen LogP contribution in [0.15, 0.2) is 73.6 Å². The Bertz CT molecular complexity index is 1460. The second-order valence-electron chi connectivity index (χ2n) is 9.09. The van der Waals surface area contributed by atoms with Crippen LogP contribution < -0.4 is 20.3 Å². The van der Waals surface area contributed by atoms with Crippen molar-refractivity contribution in [3.05, 3.63) is 73.6 Å². The number of hydrogen-bond acceptors (Lipinski definition) is 8. The van der Waals surface area contributed by atoms with E-state index in [0.717, 1.165) is 40.9 Å². The van der Waals surface area contributed by atoms with Crippen molar-refractivity contribution in [1.82, 2.24) is 19.9 Å². The summed E-state index contributed by atoms with van der Waals surface area (Å²) in [6.45, 7) is 5.29. The number of ether oxygens (including phenoxy) is 1. The molecule has 37 heavy (non-hydrogen) atoms. The highest BCUT2D eigenvalue weighted by Crippen LogP contribution is 2.40. The molecule has 0 bridgehead atoms. The summed E-state index contributed by atoms with van der Waals surface area (Å²) < 4.78 is 5.70. The third-order valence-corrected chi connectivity index (χ3v) is 6.48. The van der Waals surface area contributed by atoms with Crippen LogP contribution in [0.2, 0.25) is 0 Å². The molecule has 2 aromatic carbocycles. The van der Waals surface area contributed by atoms with Gasteiger partial charge in [-0.05, 0) is 44.4 Å². The zero-order chi connectivity index (χ0) is 25.9. The van der Waals surface area contributed by atoms with Crippen molar-refractivity contribution in [3.8, 4) is 17.0 Å². The molecule has 0 radical (unpaired) electrons. The fourth-order valence-electron chi connectivity index (χ4n) is 4.27. The molecule has 5 rings (SSSR count). The van der Waals surface area contributed by atoms with Gasteiger partial charge in [0.1, 0.15) is 5.75 Å². The third kappa shape index (κ3) is 5.07. The lowest BCUT2D eigenvalue weighted by atomic mass is 10.0. The number of rotatable bonds is 8. The molecule has 0 aliphatic carbocycles. The number of likely N-dealkylation sites (N-methyl/N-ethyl adjacent to an activating group) is 1. The maximum atomic E-state index is 12.2. The molecule has 1 saturated heterocycles. The van der Waals surface area contributed by atoms with Gasteiger partial charge in [0, 0.05) is 48.5 Å². The first-order chi connectivity index (χ1) is 17.9. The normalized spacial score (nSPS) is 13.4. The molecule has 0 atom stereocenters. The number of methoxy groups -OCH3 is 1. The fourth-order valence-corrected chi connectivity index (χ4v) is 4.27. The Labute approximate surface area is 215 Å². The van der Waals surface area contributed by atoms with E-state index in [1.807, 2.05) is 42.5 Å². The number of hydrogen-bond donors (Lipinski definition) is 2. The first-order valence-electron chi connectivity index (χ1n) is 12.0. The predicted molar refractivity (Wildman–Crippen MR) is 148 cm³/mol. The highest BCUT2D eigenvalue weighted by atomic mass is 16.5. The van der Waals surface area contributed by atoms with Crippen molar-refractivity contribution in [2.24, 2.45) is 0 Å². The summed E-state index contributed by atoms with van der Waals surface area (Å²) in [5.41, 5.74) is 4.72. The van der Waals surface area contributed by atoms with Gasteiger partial charge in [-0.3, -0.25) is 9.78 Å². The van der Waals surface area contributed by atoms with Crippen molar-refractivity contribution in [2.75, 3.05) is 49.8 Å². The number of aromatic nitrogens is 3. The van der Waals surface area contributed by atoms with Gasteiger partial charge in [0.25, 0.3) is 0 Å². The Morgan fingerprint density at radius 3 is 2.70 bits per heavy atom. The van der Waals surface area contributed by atoms with E-state index in [0.29, 0.717) is 29.1 Å². The van der Waals surface area contributed by atoms with Gasteiger partial charge in [-0.25, -0.2) is 9.97 Å². The molecular formula is C28H29N7O2. The van der Waals surface area contributed by atoms with Gasteiger partial charge >= 0.3 is 0 Å². The second kappa shape index (κ2) is 10.2. The van der Waals surface area contributed by atoms with Crippen LogP contribution >= 0.6 is 0 Å². The van der Waals surface area contributed by atoms with Crippen molar-refractivity contribution in [2.45, 2.75) is 6.04 Å². The quantitative estimate of drug-likeness (QED) is 0.349. The Morgan fingerprint density at radius 2 is 1.95 bits per heavy atom. The predicted octanol–water partition coefficient (Wildman–Crippen LogP) is 4.32. The molecule has 0 spiro atoms. The maximum Gasteiger partial charge on any atom is 0.247 e. The van der Waals surface area contributed by atoms with Gasteiger partial charge in [0.05, 0.1) is 35.4 Å². The molecule has 1 aliphatic heterocycles. The van der Waals surface area contributed by atoms with E-state index in [1.165, 1.54) is 6.08 Å². The number of amides is 1. The largest absolute Gasteiger partial charge is 0.494 e. The number of benzene rings is 2. The van der Waals surface area contributed by atoms with Crippen molar-refractivity contribution < 1.29 is 9.53 Å². The van der Waals surface area contributed by atoms with E-state index in [4.69, 9.17) is 9.72 Å². The summed E-state index contributed by atoms with van der Waals surface area (Å²) in [5.74, 6) is 0.722. The molecule has 0 saturated carbocycles. The number of carbonyl (C=O) groups is 1. The number of para-hydroxylation sites is 1. The van der Waals surface area contributed by atoms with Crippen LogP contribution in [0, 0.1) is 0 Å². The van der Waals surface area contributed by atoms with E-state index >= 15 is 0 Å². The third-order valence-electron chi connectivity index (χ3n) is 6.48. The van der Waals surface area contributed by atoms with Gasteiger partial charge < -0.3 is 25.2 Å². The lowest BCUT2D eigenvalue weighted by Crippen LogP contribution is -2.57. The molecule has 188 valence electrons. The van der Waals surface area contributed by atoms with Gasteiger partial charge in [0.2, 0.25) is 11.9 Å². The van der Waals surface area contributed by atoms with Crippen LogP contribution in [0.5, 0.6) is 5.75 Å². The summed E-state index contributed by atoms with van der Waals surface area (Å²) in [7, 11) is 5.75. The number of pyridine rings is 1. The van der Waals surface area contributed by atoms with E-state index in [9.17, 15) is 4.79 Å². The van der Waals surface area contributed by atoms with Gasteiger partial charge in [-0.2, -0.15) is 0 Å². The summed E-state index contributed by atoms with van der Waals surface area (Å²) in [4.78, 5) is 30.3. The van der Waals surface area contributed by atoms with E-state index in [-0.39, 0.29) is 5.91 Å². The molecule has 9 heteroatoms. The Hall–Kier alpha value is -4.50. The molecule has 9 nitrogen and oxygen atoms in total. The maximum absolute atomic E-state index is 12.2. The van der Waals surface area contributed by atoms with Gasteiger partial charge in [-0.1, -0.05) is 24.8 Å². The van der Waals surface area contributed by atoms with Crippen molar-refractivity contribution in [3.63, 3.8) is 0 Å². The average molecular weight is 496 g/mol. The summed E-state index contributed by atoms with van der Waals surface area (Å²) >= 11 is 0. The van der Waals surface area contributed by atoms with Crippen LogP contribution in [0.3, 0.4) is 0 Å². The van der Waals surface area contributed by atoms with Crippen LogP contribution in [0.25, 0.3) is 22.2 Å². The molecule has 2 aromatic heterocycles. The number of nitrogens with zero attached hydrogens (tertiary/aromatic N) is 5. The molecule has 2 N–H and O–H groups in total. The second-order valence-corrected chi connectivity index (χ2v) is 9.09. The first kappa shape index (κ1) is 24.2. The molecule has 0 unspecified atom stereocenters. The van der Waals surface area contributed by atoms with Crippen molar-refractivity contribution in [1.29, 1.82) is 0 Å². The lowest BCUT2D eigenvalue weighted by molar-refractivity contribution is -0.111. The minimum Gasteiger partial charge on any atom is -0.494 e. The number of anilines is 4. The van der Waals surface area contributed by atoms with Crippen molar-refractivity contribution >= 4 is 39.8 Å². The number of nitrogens with one attached hydrogen (secondary N) is 2. The van der Waals surface area contributed by atoms with Crippen LogP contribution in [-0.2, 0) is 4.79 Å². The molecule has 1 amide bonds. The molecule has 1 aliphatic rings. The minimum atomic E-state index is -0.288. The Balaban J connectivity index is 1.46. The Kier molecular flexibility index (Phi) is 6.70. The van der Waals surface area contributed by atoms with Crippen LogP contribution in [0.1, 0.15) is 0 Å². The summed E-state index contributed by atoms with van der Waals surface area (Å²) in [6, 6.07) is 16.1. The number of fused-ring (bicyclic) bond motifs is 1. The smallest absolute Gasteiger partial charge is 0.247 e. The summed E-state index contributed by atoms with van der Waals surface area (Å²) in [5, 5.41) is 7.23. The molecule has 3 heterocycles. The molecule has 1 fully saturated rings. The zero-order valence-corrected chi connectivity index (χ0v) is 21.1. The standard InChI is InChI=1S/C28H29N7O2/c1-5-27(36)31-23-13-24(26(37-4)14-25(23)35-16-20(17-35)34(2)3)33-28-29-11-10-22(32-28)19-12-18-8-6-7-9-21(18)30-15-19/h5-15,20H,1,16-17H2,2-4H3,(H,31,36)(H,29,32,33). The van der Waals surface area contributed by atoms with E-state index in [2.05, 4.69) is 57.1 Å². The molecular weight excluding hydrogens is 466 g/mol. The first-order valence-corrected chi connectivity index (χ1v) is 12.0. The average Bonchev–Trinajstić information content (AvgIpc) is 2.88. The topological polar surface area (TPSA) is 95.5 Å². The zero-order valence-electron chi connectivity index (χ0n) is 21.1. The monoisotopic (exact) mass is 495 g/mol. The SMILES string of the molecule is C=CC(=O)Nc1cc(Nc2nccc(-c3cnc4ccccc4c3)n2)c(OC)cc1N1CC(N(C)C)C1.